The molecule has 0 saturated carbocycles. The van der Waals surface area contributed by atoms with Gasteiger partial charge in [0.1, 0.15) is 12.8 Å². The Hall–Kier alpha value is -2.34. The van der Waals surface area contributed by atoms with Crippen molar-refractivity contribution in [1.82, 2.24) is 9.54 Å². The molecule has 0 unspecified atom stereocenters. The Labute approximate surface area is 127 Å². The Morgan fingerprint density at radius 2 is 1.95 bits per heavy atom. The first-order chi connectivity index (χ1) is 10.1. The summed E-state index contributed by atoms with van der Waals surface area (Å²) in [4.78, 5) is 34.1. The first-order valence-electron chi connectivity index (χ1n) is 6.21. The molecule has 0 bridgehead atoms. The van der Waals surface area contributed by atoms with Crippen LogP contribution in [-0.4, -0.2) is 41.0 Å². The van der Waals surface area contributed by atoms with E-state index in [9.17, 15) is 14.4 Å². The molecule has 1 aromatic carbocycles. The SMILES string of the molecule is CCOC(=O)N(Cl)N(CC=O)C(=O)C=Cc1ccccc1. The molecule has 7 heteroatoms. The van der Waals surface area contributed by atoms with Gasteiger partial charge in [0, 0.05) is 17.9 Å². The summed E-state index contributed by atoms with van der Waals surface area (Å²) >= 11 is 5.70. The minimum Gasteiger partial charge on any atom is -0.448 e. The van der Waals surface area contributed by atoms with E-state index in [0.717, 1.165) is 10.6 Å². The summed E-state index contributed by atoms with van der Waals surface area (Å²) in [5.41, 5.74) is 0.800. The van der Waals surface area contributed by atoms with E-state index >= 15 is 0 Å². The molecule has 0 aliphatic rings. The van der Waals surface area contributed by atoms with Gasteiger partial charge in [0.2, 0.25) is 0 Å². The van der Waals surface area contributed by atoms with E-state index in [4.69, 9.17) is 11.8 Å². The topological polar surface area (TPSA) is 66.9 Å². The smallest absolute Gasteiger partial charge is 0.444 e. The van der Waals surface area contributed by atoms with Gasteiger partial charge in [-0.1, -0.05) is 30.3 Å². The van der Waals surface area contributed by atoms with E-state index in [1.165, 1.54) is 6.08 Å². The minimum absolute atomic E-state index is 0.102. The number of carbonyl (C=O) groups excluding carboxylic acids is 3. The van der Waals surface area contributed by atoms with E-state index in [0.29, 0.717) is 10.8 Å². The number of hydrazine groups is 1. The van der Waals surface area contributed by atoms with Crippen molar-refractivity contribution in [2.24, 2.45) is 0 Å². The van der Waals surface area contributed by atoms with Crippen LogP contribution in [0.1, 0.15) is 12.5 Å². The maximum Gasteiger partial charge on any atom is 0.444 e. The number of rotatable bonds is 5. The third-order valence-corrected chi connectivity index (χ3v) is 2.67. The molecule has 0 radical (unpaired) electrons. The molecule has 6 nitrogen and oxygen atoms in total. The van der Waals surface area contributed by atoms with Gasteiger partial charge in [-0.2, -0.15) is 0 Å². The Morgan fingerprint density at radius 3 is 2.52 bits per heavy atom. The van der Waals surface area contributed by atoms with E-state index in [-0.39, 0.29) is 13.2 Å². The number of carbonyl (C=O) groups is 3. The minimum atomic E-state index is -0.928. The lowest BCUT2D eigenvalue weighted by Crippen LogP contribution is -2.44. The molecule has 0 atom stereocenters. The number of ether oxygens (including phenoxy) is 1. The molecule has 1 rings (SSSR count). The fourth-order valence-electron chi connectivity index (χ4n) is 1.41. The average Bonchev–Trinajstić information content (AvgIpc) is 2.51. The van der Waals surface area contributed by atoms with Gasteiger partial charge in [-0.05, 0) is 18.6 Å². The number of nitrogens with zero attached hydrogens (tertiary/aromatic N) is 2. The summed E-state index contributed by atoms with van der Waals surface area (Å²) in [7, 11) is 0. The molecule has 0 aromatic heterocycles. The van der Waals surface area contributed by atoms with Gasteiger partial charge in [-0.25, -0.2) is 9.80 Å². The summed E-state index contributed by atoms with van der Waals surface area (Å²) in [6.45, 7) is 1.34. The van der Waals surface area contributed by atoms with Crippen molar-refractivity contribution in [3.05, 3.63) is 42.0 Å². The molecule has 0 saturated heterocycles. The van der Waals surface area contributed by atoms with Gasteiger partial charge < -0.3 is 9.53 Å². The molecule has 0 aliphatic carbocycles. The number of amides is 2. The first kappa shape index (κ1) is 16.7. The Balaban J connectivity index is 2.80. The molecule has 0 fully saturated rings. The zero-order chi connectivity index (χ0) is 15.7. The highest BCUT2D eigenvalue weighted by Gasteiger charge is 2.24. The summed E-state index contributed by atoms with van der Waals surface area (Å²) in [6.07, 6.45) is 2.30. The second kappa shape index (κ2) is 8.76. The molecule has 0 N–H and O–H groups in total. The van der Waals surface area contributed by atoms with Crippen molar-refractivity contribution in [3.8, 4) is 0 Å². The fraction of sp³-hybridized carbons (Fsp3) is 0.214. The Morgan fingerprint density at radius 1 is 1.29 bits per heavy atom. The normalized spacial score (nSPS) is 10.2. The molecule has 21 heavy (non-hydrogen) atoms. The van der Waals surface area contributed by atoms with Crippen LogP contribution in [-0.2, 0) is 14.3 Å². The third-order valence-electron chi connectivity index (χ3n) is 2.35. The fourth-order valence-corrected chi connectivity index (χ4v) is 1.60. The van der Waals surface area contributed by atoms with Crippen molar-refractivity contribution >= 4 is 36.1 Å². The van der Waals surface area contributed by atoms with Gasteiger partial charge >= 0.3 is 6.09 Å². The second-order valence-corrected chi connectivity index (χ2v) is 4.11. The highest BCUT2D eigenvalue weighted by atomic mass is 35.5. The lowest BCUT2D eigenvalue weighted by atomic mass is 10.2. The molecule has 0 heterocycles. The van der Waals surface area contributed by atoms with Gasteiger partial charge in [-0.3, -0.25) is 4.79 Å². The van der Waals surface area contributed by atoms with Crippen LogP contribution in [0.2, 0.25) is 0 Å². The number of hydrogen-bond donors (Lipinski definition) is 0. The predicted molar refractivity (Wildman–Crippen MR) is 78.0 cm³/mol. The van der Waals surface area contributed by atoms with E-state index in [1.807, 2.05) is 18.2 Å². The summed E-state index contributed by atoms with van der Waals surface area (Å²) in [5.74, 6) is -0.617. The zero-order valence-corrected chi connectivity index (χ0v) is 12.2. The van der Waals surface area contributed by atoms with Gasteiger partial charge in [-0.15, -0.1) is 4.53 Å². The lowest BCUT2D eigenvalue weighted by molar-refractivity contribution is -0.136. The van der Waals surface area contributed by atoms with Crippen molar-refractivity contribution in [1.29, 1.82) is 0 Å². The van der Waals surface area contributed by atoms with E-state index in [2.05, 4.69) is 4.74 Å². The number of benzene rings is 1. The zero-order valence-electron chi connectivity index (χ0n) is 11.4. The molecule has 112 valence electrons. The van der Waals surface area contributed by atoms with Gasteiger partial charge in [0.15, 0.2) is 0 Å². The largest absolute Gasteiger partial charge is 0.448 e. The maximum absolute atomic E-state index is 12.0. The number of halogens is 1. The van der Waals surface area contributed by atoms with Crippen LogP contribution in [0.25, 0.3) is 6.08 Å². The van der Waals surface area contributed by atoms with Crippen molar-refractivity contribution in [3.63, 3.8) is 0 Å². The Bertz CT molecular complexity index is 519. The molecular weight excluding hydrogens is 296 g/mol. The predicted octanol–water partition coefficient (Wildman–Crippen LogP) is 2.25. The quantitative estimate of drug-likeness (QED) is 0.362. The van der Waals surface area contributed by atoms with Crippen LogP contribution in [0.5, 0.6) is 0 Å². The van der Waals surface area contributed by atoms with Gasteiger partial charge in [0.25, 0.3) is 5.91 Å². The number of hydrogen-bond acceptors (Lipinski definition) is 4. The van der Waals surface area contributed by atoms with E-state index < -0.39 is 12.0 Å². The van der Waals surface area contributed by atoms with Crippen LogP contribution in [0, 0.1) is 0 Å². The summed E-state index contributed by atoms with van der Waals surface area (Å²) in [5, 5.41) is 0.770. The Kier molecular flexibility index (Phi) is 6.97. The van der Waals surface area contributed by atoms with E-state index in [1.54, 1.807) is 25.1 Å². The summed E-state index contributed by atoms with van der Waals surface area (Å²) < 4.78 is 5.12. The molecular formula is C14H15ClN2O4. The van der Waals surface area contributed by atoms with Crippen LogP contribution >= 0.6 is 11.8 Å². The van der Waals surface area contributed by atoms with Crippen molar-refractivity contribution in [2.45, 2.75) is 6.92 Å². The molecule has 1 aromatic rings. The van der Waals surface area contributed by atoms with Crippen LogP contribution in [0.4, 0.5) is 4.79 Å². The second-order valence-electron chi connectivity index (χ2n) is 3.79. The van der Waals surface area contributed by atoms with Crippen molar-refractivity contribution < 1.29 is 19.1 Å². The lowest BCUT2D eigenvalue weighted by Gasteiger charge is -2.25. The number of aldehydes is 1. The molecule has 0 spiro atoms. The van der Waals surface area contributed by atoms with Crippen molar-refractivity contribution in [2.75, 3.05) is 13.2 Å². The standard InChI is InChI=1S/C14H15ClN2O4/c1-2-21-14(20)17(15)16(10-11-18)13(19)9-8-12-6-4-3-5-7-12/h3-9,11H,2,10H2,1H3. The van der Waals surface area contributed by atoms with Crippen LogP contribution in [0.15, 0.2) is 36.4 Å². The molecule has 0 aliphatic heterocycles. The maximum atomic E-state index is 12.0. The molecule has 2 amide bonds. The highest BCUT2D eigenvalue weighted by molar-refractivity contribution is 6.21. The first-order valence-corrected chi connectivity index (χ1v) is 6.54. The van der Waals surface area contributed by atoms with Crippen LogP contribution < -0.4 is 0 Å². The monoisotopic (exact) mass is 310 g/mol. The average molecular weight is 311 g/mol. The van der Waals surface area contributed by atoms with Crippen LogP contribution in [0.3, 0.4) is 0 Å². The third kappa shape index (κ3) is 5.27. The highest BCUT2D eigenvalue weighted by Crippen LogP contribution is 2.08. The summed E-state index contributed by atoms with van der Waals surface area (Å²) in [6, 6.07) is 9.09. The van der Waals surface area contributed by atoms with Gasteiger partial charge in [0.05, 0.1) is 6.61 Å².